The van der Waals surface area contributed by atoms with Gasteiger partial charge in [-0.25, -0.2) is 9.37 Å². The van der Waals surface area contributed by atoms with Crippen molar-refractivity contribution in [1.29, 1.82) is 0 Å². The second-order valence-corrected chi connectivity index (χ2v) is 5.33. The number of nitrogens with zero attached hydrogens (tertiary/aromatic N) is 4. The summed E-state index contributed by atoms with van der Waals surface area (Å²) in [4.78, 5) is 20.5. The van der Waals surface area contributed by atoms with Crippen LogP contribution in [0.3, 0.4) is 0 Å². The molecular formula is C17H15FN6O. The summed E-state index contributed by atoms with van der Waals surface area (Å²) in [6, 6.07) is 9.31. The molecule has 1 amide bonds. The highest BCUT2D eigenvalue weighted by Crippen LogP contribution is 2.16. The fourth-order valence-corrected chi connectivity index (χ4v) is 2.17. The normalized spacial score (nSPS) is 10.5. The molecular weight excluding hydrogens is 323 g/mol. The zero-order valence-electron chi connectivity index (χ0n) is 13.4. The van der Waals surface area contributed by atoms with Gasteiger partial charge in [0.1, 0.15) is 5.82 Å². The molecule has 3 N–H and O–H groups in total. The minimum Gasteiger partial charge on any atom is -0.382 e. The lowest BCUT2D eigenvalue weighted by Crippen LogP contribution is -2.26. The second-order valence-electron chi connectivity index (χ2n) is 5.33. The van der Waals surface area contributed by atoms with E-state index in [9.17, 15) is 9.18 Å². The van der Waals surface area contributed by atoms with Gasteiger partial charge in [0.15, 0.2) is 17.3 Å². The van der Waals surface area contributed by atoms with Crippen molar-refractivity contribution in [2.75, 3.05) is 5.73 Å². The molecule has 0 aliphatic rings. The average Bonchev–Trinajstić information content (AvgIpc) is 2.61. The molecule has 0 spiro atoms. The zero-order chi connectivity index (χ0) is 17.8. The fraction of sp³-hybridized carbons (Fsp3) is 0.118. The lowest BCUT2D eigenvalue weighted by atomic mass is 10.2. The predicted molar refractivity (Wildman–Crippen MR) is 89.8 cm³/mol. The van der Waals surface area contributed by atoms with E-state index in [2.05, 4.69) is 25.5 Å². The number of nitrogens with one attached hydrogen (secondary N) is 1. The Labute approximate surface area is 143 Å². The Hall–Kier alpha value is -3.42. The minimum absolute atomic E-state index is 0.0513. The number of hydrogen-bond acceptors (Lipinski definition) is 6. The topological polar surface area (TPSA) is 107 Å². The van der Waals surface area contributed by atoms with Crippen LogP contribution in [0.4, 0.5) is 10.2 Å². The summed E-state index contributed by atoms with van der Waals surface area (Å²) >= 11 is 0. The van der Waals surface area contributed by atoms with Crippen LogP contribution in [0, 0.1) is 12.7 Å². The lowest BCUT2D eigenvalue weighted by Gasteiger charge is -2.08. The Morgan fingerprint density at radius 3 is 2.64 bits per heavy atom. The van der Waals surface area contributed by atoms with Crippen molar-refractivity contribution >= 4 is 11.7 Å². The van der Waals surface area contributed by atoms with Gasteiger partial charge in [0.25, 0.3) is 5.91 Å². The molecule has 2 heterocycles. The van der Waals surface area contributed by atoms with Crippen LogP contribution in [0.2, 0.25) is 0 Å². The van der Waals surface area contributed by atoms with Gasteiger partial charge in [-0.15, -0.1) is 10.2 Å². The molecule has 0 saturated carbocycles. The van der Waals surface area contributed by atoms with Gasteiger partial charge < -0.3 is 11.1 Å². The molecule has 3 rings (SSSR count). The first kappa shape index (κ1) is 16.4. The maximum absolute atomic E-state index is 13.0. The fourth-order valence-electron chi connectivity index (χ4n) is 2.17. The largest absolute Gasteiger partial charge is 0.382 e. The monoisotopic (exact) mass is 338 g/mol. The number of aryl methyl sites for hydroxylation is 1. The summed E-state index contributed by atoms with van der Waals surface area (Å²) in [5, 5.41) is 10.4. The molecule has 25 heavy (non-hydrogen) atoms. The summed E-state index contributed by atoms with van der Waals surface area (Å²) in [7, 11) is 0. The summed E-state index contributed by atoms with van der Waals surface area (Å²) in [5.74, 6) is -0.696. The van der Waals surface area contributed by atoms with Gasteiger partial charge in [-0.05, 0) is 42.8 Å². The number of pyridine rings is 1. The molecule has 0 saturated heterocycles. The van der Waals surface area contributed by atoms with Crippen LogP contribution in [0.5, 0.6) is 0 Å². The molecule has 0 unspecified atom stereocenters. The molecule has 0 aliphatic heterocycles. The molecule has 0 radical (unpaired) electrons. The van der Waals surface area contributed by atoms with Crippen LogP contribution in [0.1, 0.15) is 21.7 Å². The number of carbonyl (C=O) groups is 1. The first-order chi connectivity index (χ1) is 12.0. The van der Waals surface area contributed by atoms with Crippen molar-refractivity contribution in [3.63, 3.8) is 0 Å². The average molecular weight is 338 g/mol. The highest BCUT2D eigenvalue weighted by Gasteiger charge is 2.16. The highest BCUT2D eigenvalue weighted by molar-refractivity contribution is 5.96. The Morgan fingerprint density at radius 1 is 1.20 bits per heavy atom. The number of benzene rings is 1. The molecule has 1 aromatic carbocycles. The minimum atomic E-state index is -0.492. The van der Waals surface area contributed by atoms with E-state index in [0.29, 0.717) is 5.56 Å². The van der Waals surface area contributed by atoms with Crippen molar-refractivity contribution < 1.29 is 9.18 Å². The van der Waals surface area contributed by atoms with Crippen molar-refractivity contribution in [1.82, 2.24) is 25.5 Å². The van der Waals surface area contributed by atoms with Crippen LogP contribution in [-0.2, 0) is 6.54 Å². The molecule has 0 aliphatic carbocycles. The summed E-state index contributed by atoms with van der Waals surface area (Å²) in [6.45, 7) is 2.15. The Kier molecular flexibility index (Phi) is 4.60. The third kappa shape index (κ3) is 3.74. The van der Waals surface area contributed by atoms with E-state index in [1.54, 1.807) is 6.20 Å². The SMILES string of the molecule is Cc1cccnc1CNC(=O)c1nnc(-c2ccc(F)cc2)nc1N. The van der Waals surface area contributed by atoms with E-state index in [4.69, 9.17) is 5.73 Å². The first-order valence-electron chi connectivity index (χ1n) is 7.49. The van der Waals surface area contributed by atoms with E-state index in [0.717, 1.165) is 11.3 Å². The second kappa shape index (κ2) is 7.00. The van der Waals surface area contributed by atoms with Crippen molar-refractivity contribution in [3.8, 4) is 11.4 Å². The van der Waals surface area contributed by atoms with Gasteiger partial charge in [0.05, 0.1) is 12.2 Å². The standard InChI is InChI=1S/C17H15FN6O/c1-10-3-2-8-20-13(10)9-21-17(25)14-15(19)22-16(24-23-14)11-4-6-12(18)7-5-11/h2-8H,9H2,1H3,(H,21,25)(H2,19,22,24). The van der Waals surface area contributed by atoms with E-state index in [1.165, 1.54) is 24.3 Å². The molecule has 0 fully saturated rings. The number of rotatable bonds is 4. The Balaban J connectivity index is 1.75. The number of nitrogen functional groups attached to an aromatic ring is 1. The third-order valence-corrected chi connectivity index (χ3v) is 3.57. The number of carbonyl (C=O) groups excluding carboxylic acids is 1. The summed E-state index contributed by atoms with van der Waals surface area (Å²) in [5.41, 5.74) is 8.02. The van der Waals surface area contributed by atoms with Crippen molar-refractivity contribution in [3.05, 3.63) is 65.4 Å². The maximum atomic E-state index is 13.0. The maximum Gasteiger partial charge on any atom is 0.275 e. The van der Waals surface area contributed by atoms with Crippen LogP contribution in [0.25, 0.3) is 11.4 Å². The van der Waals surface area contributed by atoms with Crippen LogP contribution >= 0.6 is 0 Å². The Morgan fingerprint density at radius 2 is 1.96 bits per heavy atom. The number of nitrogens with two attached hydrogens (primary N) is 1. The number of halogens is 1. The zero-order valence-corrected chi connectivity index (χ0v) is 13.4. The van der Waals surface area contributed by atoms with Gasteiger partial charge >= 0.3 is 0 Å². The molecule has 0 atom stereocenters. The van der Waals surface area contributed by atoms with Crippen LogP contribution < -0.4 is 11.1 Å². The van der Waals surface area contributed by atoms with Gasteiger partial charge in [0.2, 0.25) is 0 Å². The molecule has 126 valence electrons. The van der Waals surface area contributed by atoms with Gasteiger partial charge in [-0.1, -0.05) is 6.07 Å². The van der Waals surface area contributed by atoms with E-state index in [-0.39, 0.29) is 29.7 Å². The summed E-state index contributed by atoms with van der Waals surface area (Å²) < 4.78 is 13.0. The quantitative estimate of drug-likeness (QED) is 0.752. The third-order valence-electron chi connectivity index (χ3n) is 3.57. The molecule has 8 heteroatoms. The number of hydrogen-bond donors (Lipinski definition) is 2. The van der Waals surface area contributed by atoms with Crippen molar-refractivity contribution in [2.24, 2.45) is 0 Å². The first-order valence-corrected chi connectivity index (χ1v) is 7.49. The van der Waals surface area contributed by atoms with E-state index in [1.807, 2.05) is 19.1 Å². The van der Waals surface area contributed by atoms with Crippen LogP contribution in [0.15, 0.2) is 42.6 Å². The van der Waals surface area contributed by atoms with Gasteiger partial charge in [0, 0.05) is 11.8 Å². The van der Waals surface area contributed by atoms with Gasteiger partial charge in [-0.2, -0.15) is 0 Å². The highest BCUT2D eigenvalue weighted by atomic mass is 19.1. The number of anilines is 1. The number of amides is 1. The molecule has 2 aromatic heterocycles. The van der Waals surface area contributed by atoms with E-state index >= 15 is 0 Å². The van der Waals surface area contributed by atoms with Gasteiger partial charge in [-0.3, -0.25) is 9.78 Å². The molecule has 3 aromatic rings. The number of aromatic nitrogens is 4. The Bertz CT molecular complexity index is 913. The van der Waals surface area contributed by atoms with Crippen LogP contribution in [-0.4, -0.2) is 26.1 Å². The summed E-state index contributed by atoms with van der Waals surface area (Å²) in [6.07, 6.45) is 1.65. The smallest absolute Gasteiger partial charge is 0.275 e. The van der Waals surface area contributed by atoms with E-state index < -0.39 is 5.91 Å². The van der Waals surface area contributed by atoms with Crippen molar-refractivity contribution in [2.45, 2.75) is 13.5 Å². The predicted octanol–water partition coefficient (Wildman–Crippen LogP) is 1.89. The molecule has 0 bridgehead atoms. The lowest BCUT2D eigenvalue weighted by molar-refractivity contribution is 0.0945. The molecule has 7 nitrogen and oxygen atoms in total.